The predicted octanol–water partition coefficient (Wildman–Crippen LogP) is -2.54. The second kappa shape index (κ2) is 4.87. The number of carbonyl (C=O) groups excluding carboxylic acids is 2. The van der Waals surface area contributed by atoms with Crippen LogP contribution >= 0.6 is 0 Å². The molecule has 2 heterocycles. The lowest BCUT2D eigenvalue weighted by atomic mass is 10.2. The van der Waals surface area contributed by atoms with Gasteiger partial charge >= 0.3 is 0 Å². The highest BCUT2D eigenvalue weighted by atomic mass is 16.2. The summed E-state index contributed by atoms with van der Waals surface area (Å²) in [4.78, 5) is 22.7. The molecule has 2 rings (SSSR count). The minimum atomic E-state index is -0.429. The van der Waals surface area contributed by atoms with E-state index in [1.807, 2.05) is 0 Å². The van der Waals surface area contributed by atoms with E-state index in [1.165, 1.54) is 0 Å². The van der Waals surface area contributed by atoms with Crippen molar-refractivity contribution < 1.29 is 9.59 Å². The van der Waals surface area contributed by atoms with Gasteiger partial charge in [-0.2, -0.15) is 5.21 Å². The van der Waals surface area contributed by atoms with E-state index in [4.69, 9.17) is 0 Å². The summed E-state index contributed by atoms with van der Waals surface area (Å²) in [6.45, 7) is 2.18. The molecule has 1 aliphatic heterocycles. The minimum absolute atomic E-state index is 0.111. The zero-order valence-electron chi connectivity index (χ0n) is 9.23. The van der Waals surface area contributed by atoms with Crippen molar-refractivity contribution in [2.75, 3.05) is 13.1 Å². The Labute approximate surface area is 96.7 Å². The molecule has 1 aromatic rings. The van der Waals surface area contributed by atoms with E-state index in [2.05, 4.69) is 36.6 Å². The Bertz CT molecular complexity index is 394. The maximum Gasteiger partial charge on any atom is 0.239 e. The second-order valence-corrected chi connectivity index (χ2v) is 3.74. The lowest BCUT2D eigenvalue weighted by molar-refractivity contribution is -0.127. The number of tetrazole rings is 1. The maximum atomic E-state index is 11.8. The first-order valence-electron chi connectivity index (χ1n) is 5.20. The molecule has 0 bridgehead atoms. The summed E-state index contributed by atoms with van der Waals surface area (Å²) in [5.41, 5.74) is 0. The minimum Gasteiger partial charge on any atom is -0.353 e. The third-order valence-electron chi connectivity index (χ3n) is 2.44. The molecule has 92 valence electrons. The highest BCUT2D eigenvalue weighted by Gasteiger charge is 2.25. The van der Waals surface area contributed by atoms with Gasteiger partial charge in [-0.1, -0.05) is 5.21 Å². The third kappa shape index (κ3) is 2.75. The van der Waals surface area contributed by atoms with Crippen molar-refractivity contribution in [1.82, 2.24) is 36.6 Å². The number of hydrogen-bond donors (Lipinski definition) is 4. The van der Waals surface area contributed by atoms with Crippen molar-refractivity contribution in [2.24, 2.45) is 0 Å². The zero-order valence-corrected chi connectivity index (χ0v) is 9.23. The fourth-order valence-electron chi connectivity index (χ4n) is 1.48. The lowest BCUT2D eigenvalue weighted by Crippen LogP contribution is -2.58. The first kappa shape index (κ1) is 11.5. The smallest absolute Gasteiger partial charge is 0.239 e. The van der Waals surface area contributed by atoms with Crippen LogP contribution in [0.2, 0.25) is 0 Å². The van der Waals surface area contributed by atoms with Crippen LogP contribution in [0.5, 0.6) is 0 Å². The van der Waals surface area contributed by atoms with Crippen molar-refractivity contribution >= 4 is 11.8 Å². The number of piperazine rings is 1. The van der Waals surface area contributed by atoms with Gasteiger partial charge < -0.3 is 10.6 Å². The molecular weight excluding hydrogens is 226 g/mol. The van der Waals surface area contributed by atoms with E-state index < -0.39 is 6.04 Å². The molecule has 2 atom stereocenters. The molecule has 1 aliphatic rings. The molecule has 9 nitrogen and oxygen atoms in total. The van der Waals surface area contributed by atoms with Crippen LogP contribution < -0.4 is 16.0 Å². The zero-order chi connectivity index (χ0) is 12.3. The Hall–Kier alpha value is -2.03. The van der Waals surface area contributed by atoms with Gasteiger partial charge in [0.05, 0.1) is 12.6 Å². The Kier molecular flexibility index (Phi) is 3.28. The van der Waals surface area contributed by atoms with Crippen LogP contribution in [-0.4, -0.2) is 51.6 Å². The fourth-order valence-corrected chi connectivity index (χ4v) is 1.48. The third-order valence-corrected chi connectivity index (χ3v) is 2.44. The van der Waals surface area contributed by atoms with Crippen molar-refractivity contribution in [3.63, 3.8) is 0 Å². The molecule has 0 radical (unpaired) electrons. The topological polar surface area (TPSA) is 125 Å². The summed E-state index contributed by atoms with van der Waals surface area (Å²) in [5, 5.41) is 21.4. The molecular formula is C8H13N7O2. The summed E-state index contributed by atoms with van der Waals surface area (Å²) in [6, 6.07) is -0.761. The molecule has 2 amide bonds. The normalized spacial score (nSPS) is 21.7. The molecule has 1 saturated heterocycles. The lowest BCUT2D eigenvalue weighted by Gasteiger charge is -2.24. The molecule has 9 heteroatoms. The van der Waals surface area contributed by atoms with Crippen LogP contribution in [0.4, 0.5) is 0 Å². The maximum absolute atomic E-state index is 11.8. The number of aromatic amines is 1. The number of rotatable bonds is 3. The molecule has 1 aromatic heterocycles. The van der Waals surface area contributed by atoms with Crippen LogP contribution in [0.3, 0.4) is 0 Å². The Balaban J connectivity index is 1.86. The van der Waals surface area contributed by atoms with Crippen LogP contribution in [0.1, 0.15) is 18.8 Å². The number of aromatic nitrogens is 4. The number of H-pyrrole nitrogens is 1. The van der Waals surface area contributed by atoms with Crippen molar-refractivity contribution in [1.29, 1.82) is 0 Å². The average Bonchev–Trinajstić information content (AvgIpc) is 2.83. The number of nitrogens with one attached hydrogen (secondary N) is 4. The number of amides is 2. The second-order valence-electron chi connectivity index (χ2n) is 3.74. The molecule has 2 unspecified atom stereocenters. The van der Waals surface area contributed by atoms with Gasteiger partial charge in [-0.3, -0.25) is 14.9 Å². The number of carbonyl (C=O) groups is 2. The molecule has 4 N–H and O–H groups in total. The van der Waals surface area contributed by atoms with Gasteiger partial charge in [0.15, 0.2) is 5.82 Å². The van der Waals surface area contributed by atoms with Crippen molar-refractivity contribution in [3.05, 3.63) is 5.82 Å². The first-order valence-corrected chi connectivity index (χ1v) is 5.20. The summed E-state index contributed by atoms with van der Waals surface area (Å²) < 4.78 is 0. The molecule has 17 heavy (non-hydrogen) atoms. The standard InChI is InChI=1S/C8H13N7O2/c1-4(7-12-14-15-13-7)11-8(17)5-2-10-6(16)3-9-5/h4-5,9H,2-3H2,1H3,(H,10,16)(H,11,17)(H,12,13,14,15). The van der Waals surface area contributed by atoms with Gasteiger partial charge in [0.25, 0.3) is 0 Å². The number of hydrogen-bond acceptors (Lipinski definition) is 6. The molecule has 1 fully saturated rings. The Morgan fingerprint density at radius 2 is 2.41 bits per heavy atom. The Morgan fingerprint density at radius 3 is 3.00 bits per heavy atom. The van der Waals surface area contributed by atoms with Gasteiger partial charge in [-0.05, 0) is 6.92 Å². The van der Waals surface area contributed by atoms with Gasteiger partial charge in [0.2, 0.25) is 11.8 Å². The van der Waals surface area contributed by atoms with Crippen LogP contribution in [0.25, 0.3) is 0 Å². The van der Waals surface area contributed by atoms with Gasteiger partial charge in [-0.25, -0.2) is 0 Å². The summed E-state index contributed by atoms with van der Waals surface area (Å²) in [7, 11) is 0. The van der Waals surface area contributed by atoms with Gasteiger partial charge in [0, 0.05) is 6.54 Å². The summed E-state index contributed by atoms with van der Waals surface area (Å²) >= 11 is 0. The van der Waals surface area contributed by atoms with E-state index in [1.54, 1.807) is 6.92 Å². The van der Waals surface area contributed by atoms with E-state index in [0.717, 1.165) is 0 Å². The quantitative estimate of drug-likeness (QED) is 0.461. The van der Waals surface area contributed by atoms with E-state index >= 15 is 0 Å². The highest BCUT2D eigenvalue weighted by molar-refractivity contribution is 5.86. The van der Waals surface area contributed by atoms with E-state index in [-0.39, 0.29) is 30.9 Å². The SMILES string of the molecule is CC(NC(=O)C1CNC(=O)CN1)c1nn[nH]n1. The fraction of sp³-hybridized carbons (Fsp3) is 0.625. The summed E-state index contributed by atoms with van der Waals surface area (Å²) in [5.74, 6) is 0.0979. The summed E-state index contributed by atoms with van der Waals surface area (Å²) in [6.07, 6.45) is 0. The van der Waals surface area contributed by atoms with Crippen molar-refractivity contribution in [2.45, 2.75) is 19.0 Å². The molecule has 0 aromatic carbocycles. The van der Waals surface area contributed by atoms with Crippen LogP contribution in [-0.2, 0) is 9.59 Å². The van der Waals surface area contributed by atoms with Crippen molar-refractivity contribution in [3.8, 4) is 0 Å². The van der Waals surface area contributed by atoms with Crippen LogP contribution in [0.15, 0.2) is 0 Å². The largest absolute Gasteiger partial charge is 0.353 e. The van der Waals surface area contributed by atoms with Crippen LogP contribution in [0, 0.1) is 0 Å². The average molecular weight is 239 g/mol. The molecule has 0 saturated carbocycles. The Morgan fingerprint density at radius 1 is 1.59 bits per heavy atom. The molecule has 0 aliphatic carbocycles. The highest BCUT2D eigenvalue weighted by Crippen LogP contribution is 2.03. The first-order chi connectivity index (χ1) is 8.16. The van der Waals surface area contributed by atoms with Gasteiger partial charge in [-0.15, -0.1) is 10.2 Å². The van der Waals surface area contributed by atoms with E-state index in [9.17, 15) is 9.59 Å². The molecule has 0 spiro atoms. The van der Waals surface area contributed by atoms with E-state index in [0.29, 0.717) is 5.82 Å². The number of nitrogens with zero attached hydrogens (tertiary/aromatic N) is 3. The predicted molar refractivity (Wildman–Crippen MR) is 55.5 cm³/mol. The van der Waals surface area contributed by atoms with Gasteiger partial charge in [0.1, 0.15) is 6.04 Å². The monoisotopic (exact) mass is 239 g/mol.